The first-order valence-corrected chi connectivity index (χ1v) is 11.5. The highest BCUT2D eigenvalue weighted by atomic mass is 79.9. The molecule has 8 heteroatoms. The smallest absolute Gasteiger partial charge is 0.339 e. The summed E-state index contributed by atoms with van der Waals surface area (Å²) in [6, 6.07) is 6.33. The molecule has 1 aromatic heterocycles. The predicted octanol–water partition coefficient (Wildman–Crippen LogP) is 4.32. The van der Waals surface area contributed by atoms with Gasteiger partial charge in [0.25, 0.3) is 0 Å². The summed E-state index contributed by atoms with van der Waals surface area (Å²) in [6.45, 7) is 0. The minimum Gasteiger partial charge on any atom is -0.495 e. The number of nitrogens with zero attached hydrogens (tertiary/aromatic N) is 1. The summed E-state index contributed by atoms with van der Waals surface area (Å²) in [5.41, 5.74) is 0.680. The molecule has 1 aromatic carbocycles. The first-order valence-electron chi connectivity index (χ1n) is 9.10. The maximum atomic E-state index is 12.9. The minimum atomic E-state index is -3.70. The molecule has 1 heterocycles. The fourth-order valence-electron chi connectivity index (χ4n) is 3.27. The number of methoxy groups -OCH3 is 1. The summed E-state index contributed by atoms with van der Waals surface area (Å²) in [5, 5.41) is 0. The molecule has 0 radical (unpaired) electrons. The highest BCUT2D eigenvalue weighted by Crippen LogP contribution is 2.30. The number of benzene rings is 1. The van der Waals surface area contributed by atoms with E-state index in [1.807, 2.05) is 0 Å². The molecule has 1 aliphatic rings. The summed E-state index contributed by atoms with van der Waals surface area (Å²) < 4.78 is 37.1. The van der Waals surface area contributed by atoms with Crippen molar-refractivity contribution in [3.8, 4) is 5.75 Å². The van der Waals surface area contributed by atoms with Crippen LogP contribution in [0.15, 0.2) is 46.0 Å². The number of hydrogen-bond acceptors (Lipinski definition) is 6. The molecule has 150 valence electrons. The third-order valence-electron chi connectivity index (χ3n) is 4.67. The molecule has 1 fully saturated rings. The van der Waals surface area contributed by atoms with Crippen LogP contribution in [0.3, 0.4) is 0 Å². The standard InChI is InChI=1S/C20H22BrNO5S/c1-26-18-8-7-16(21)10-19(18)28(24,25)13-14-9-15(12-22-11-14)20(23)27-17-5-3-2-4-6-17/h7-12,17H,2-6,13H2,1H3. The van der Waals surface area contributed by atoms with Crippen molar-refractivity contribution in [3.05, 3.63) is 52.3 Å². The minimum absolute atomic E-state index is 0.0698. The van der Waals surface area contributed by atoms with E-state index in [2.05, 4.69) is 20.9 Å². The van der Waals surface area contributed by atoms with Crippen LogP contribution in [0.25, 0.3) is 0 Å². The Balaban J connectivity index is 1.78. The molecule has 6 nitrogen and oxygen atoms in total. The number of aromatic nitrogens is 1. The molecular formula is C20H22BrNO5S. The highest BCUT2D eigenvalue weighted by Gasteiger charge is 2.23. The predicted molar refractivity (Wildman–Crippen MR) is 108 cm³/mol. The quantitative estimate of drug-likeness (QED) is 0.588. The van der Waals surface area contributed by atoms with Crippen molar-refractivity contribution in [1.29, 1.82) is 0 Å². The molecule has 0 bridgehead atoms. The molecular weight excluding hydrogens is 446 g/mol. The molecule has 0 N–H and O–H groups in total. The zero-order valence-corrected chi connectivity index (χ0v) is 18.0. The zero-order valence-electron chi connectivity index (χ0n) is 15.6. The van der Waals surface area contributed by atoms with Gasteiger partial charge in [-0.1, -0.05) is 22.4 Å². The Hall–Kier alpha value is -1.93. The van der Waals surface area contributed by atoms with Crippen LogP contribution in [0.5, 0.6) is 5.75 Å². The van der Waals surface area contributed by atoms with E-state index in [9.17, 15) is 13.2 Å². The molecule has 0 saturated heterocycles. The van der Waals surface area contributed by atoms with Gasteiger partial charge >= 0.3 is 5.97 Å². The Bertz CT molecular complexity index is 955. The van der Waals surface area contributed by atoms with Gasteiger partial charge in [0, 0.05) is 16.9 Å². The largest absolute Gasteiger partial charge is 0.495 e. The van der Waals surface area contributed by atoms with Gasteiger partial charge in [-0.15, -0.1) is 0 Å². The van der Waals surface area contributed by atoms with Crippen molar-refractivity contribution in [2.24, 2.45) is 0 Å². The van der Waals surface area contributed by atoms with Crippen molar-refractivity contribution < 1.29 is 22.7 Å². The number of esters is 1. The van der Waals surface area contributed by atoms with Gasteiger partial charge in [-0.25, -0.2) is 13.2 Å². The first kappa shape index (κ1) is 20.8. The fraction of sp³-hybridized carbons (Fsp3) is 0.400. The van der Waals surface area contributed by atoms with Gasteiger partial charge in [0.05, 0.1) is 18.4 Å². The molecule has 1 saturated carbocycles. The number of carbonyl (C=O) groups excluding carboxylic acids is 1. The topological polar surface area (TPSA) is 82.6 Å². The number of pyridine rings is 1. The van der Waals surface area contributed by atoms with E-state index in [0.29, 0.717) is 10.0 Å². The number of ether oxygens (including phenoxy) is 2. The Morgan fingerprint density at radius 2 is 1.93 bits per heavy atom. The van der Waals surface area contributed by atoms with Gasteiger partial charge in [-0.05, 0) is 55.5 Å². The van der Waals surface area contributed by atoms with Crippen LogP contribution >= 0.6 is 15.9 Å². The molecule has 3 rings (SSSR count). The highest BCUT2D eigenvalue weighted by molar-refractivity contribution is 9.10. The van der Waals surface area contributed by atoms with Crippen molar-refractivity contribution in [1.82, 2.24) is 4.98 Å². The number of hydrogen-bond donors (Lipinski definition) is 0. The van der Waals surface area contributed by atoms with Crippen LogP contribution < -0.4 is 4.74 Å². The van der Waals surface area contributed by atoms with Gasteiger partial charge < -0.3 is 9.47 Å². The summed E-state index contributed by atoms with van der Waals surface area (Å²) in [5.74, 6) is -0.486. The van der Waals surface area contributed by atoms with E-state index in [4.69, 9.17) is 9.47 Å². The Labute approximate surface area is 173 Å². The molecule has 0 spiro atoms. The Morgan fingerprint density at radius 3 is 2.64 bits per heavy atom. The van der Waals surface area contributed by atoms with Gasteiger partial charge in [-0.3, -0.25) is 4.98 Å². The third-order valence-corrected chi connectivity index (χ3v) is 6.87. The molecule has 0 atom stereocenters. The second kappa shape index (κ2) is 9.05. The van der Waals surface area contributed by atoms with Crippen LogP contribution in [-0.2, 0) is 20.3 Å². The number of sulfone groups is 1. The lowest BCUT2D eigenvalue weighted by molar-refractivity contribution is 0.0210. The second-order valence-corrected chi connectivity index (χ2v) is 9.68. The number of carbonyl (C=O) groups is 1. The van der Waals surface area contributed by atoms with Gasteiger partial charge in [0.2, 0.25) is 0 Å². The zero-order chi connectivity index (χ0) is 20.1. The monoisotopic (exact) mass is 467 g/mol. The maximum absolute atomic E-state index is 12.9. The summed E-state index contributed by atoms with van der Waals surface area (Å²) >= 11 is 3.29. The number of rotatable bonds is 6. The third kappa shape index (κ3) is 5.11. The van der Waals surface area contributed by atoms with Crippen molar-refractivity contribution in [2.45, 2.75) is 48.9 Å². The molecule has 0 aliphatic heterocycles. The van der Waals surface area contributed by atoms with Crippen LogP contribution in [-0.4, -0.2) is 32.6 Å². The summed E-state index contributed by atoms with van der Waals surface area (Å²) in [6.07, 6.45) is 7.81. The van der Waals surface area contributed by atoms with E-state index >= 15 is 0 Å². The van der Waals surface area contributed by atoms with Crippen molar-refractivity contribution in [3.63, 3.8) is 0 Å². The van der Waals surface area contributed by atoms with Crippen LogP contribution in [0.2, 0.25) is 0 Å². The normalized spacial score (nSPS) is 15.2. The first-order chi connectivity index (χ1) is 13.4. The lowest BCUT2D eigenvalue weighted by Crippen LogP contribution is -2.21. The lowest BCUT2D eigenvalue weighted by Gasteiger charge is -2.21. The lowest BCUT2D eigenvalue weighted by atomic mass is 9.98. The summed E-state index contributed by atoms with van der Waals surface area (Å²) in [7, 11) is -2.27. The van der Waals surface area contributed by atoms with Gasteiger partial charge in [-0.2, -0.15) is 0 Å². The SMILES string of the molecule is COc1ccc(Br)cc1S(=O)(=O)Cc1cncc(C(=O)OC2CCCCC2)c1. The molecule has 0 amide bonds. The van der Waals surface area contributed by atoms with E-state index in [1.54, 1.807) is 12.1 Å². The van der Waals surface area contributed by atoms with Gasteiger partial charge in [0.15, 0.2) is 9.84 Å². The van der Waals surface area contributed by atoms with Crippen LogP contribution in [0.1, 0.15) is 48.0 Å². The second-order valence-electron chi connectivity index (χ2n) is 6.80. The van der Waals surface area contributed by atoms with Crippen LogP contribution in [0, 0.1) is 0 Å². The van der Waals surface area contributed by atoms with E-state index in [0.717, 1.165) is 25.7 Å². The Morgan fingerprint density at radius 1 is 1.18 bits per heavy atom. The average Bonchev–Trinajstić information content (AvgIpc) is 2.68. The van der Waals surface area contributed by atoms with E-state index in [-0.39, 0.29) is 28.1 Å². The fourth-order valence-corrected chi connectivity index (χ4v) is 5.30. The molecule has 28 heavy (non-hydrogen) atoms. The van der Waals surface area contributed by atoms with E-state index < -0.39 is 15.8 Å². The van der Waals surface area contributed by atoms with Crippen molar-refractivity contribution >= 4 is 31.7 Å². The van der Waals surface area contributed by atoms with Gasteiger partial charge in [0.1, 0.15) is 16.7 Å². The average molecular weight is 468 g/mol. The number of halogens is 1. The van der Waals surface area contributed by atoms with Crippen LogP contribution in [0.4, 0.5) is 0 Å². The molecule has 1 aliphatic carbocycles. The van der Waals surface area contributed by atoms with E-state index in [1.165, 1.54) is 38.1 Å². The van der Waals surface area contributed by atoms with Crippen molar-refractivity contribution in [2.75, 3.05) is 7.11 Å². The molecule has 2 aromatic rings. The summed E-state index contributed by atoms with van der Waals surface area (Å²) in [4.78, 5) is 16.5. The maximum Gasteiger partial charge on any atom is 0.339 e. The Kier molecular flexibility index (Phi) is 6.72. The molecule has 0 unspecified atom stereocenters.